The number of nitrogens with one attached hydrogen (secondary N) is 1. The van der Waals surface area contributed by atoms with E-state index in [0.717, 1.165) is 17.9 Å². The molecule has 21 heavy (non-hydrogen) atoms. The Hall–Kier alpha value is -0.760. The second-order valence-corrected chi connectivity index (χ2v) is 7.99. The van der Waals surface area contributed by atoms with Crippen LogP contribution in [-0.2, 0) is 14.8 Å². The molecule has 0 amide bonds. The summed E-state index contributed by atoms with van der Waals surface area (Å²) in [6, 6.07) is 4.94. The maximum atomic E-state index is 12.5. The van der Waals surface area contributed by atoms with E-state index >= 15 is 0 Å². The van der Waals surface area contributed by atoms with Gasteiger partial charge in [0.25, 0.3) is 0 Å². The number of hydrogen-bond donors (Lipinski definition) is 1. The zero-order chi connectivity index (χ0) is 15.5. The van der Waals surface area contributed by atoms with Crippen molar-refractivity contribution in [3.8, 4) is 5.75 Å². The van der Waals surface area contributed by atoms with Gasteiger partial charge in [0.1, 0.15) is 5.75 Å². The lowest BCUT2D eigenvalue weighted by Crippen LogP contribution is -2.44. The molecule has 1 aliphatic heterocycles. The summed E-state index contributed by atoms with van der Waals surface area (Å²) in [5.74, 6) is 2.46. The van der Waals surface area contributed by atoms with E-state index in [-0.39, 0.29) is 4.90 Å². The highest BCUT2D eigenvalue weighted by Gasteiger charge is 2.35. The van der Waals surface area contributed by atoms with Gasteiger partial charge in [-0.3, -0.25) is 0 Å². The van der Waals surface area contributed by atoms with Gasteiger partial charge in [-0.15, -0.1) is 0 Å². The summed E-state index contributed by atoms with van der Waals surface area (Å²) >= 11 is 1.78. The molecule has 1 heterocycles. The zero-order valence-electron chi connectivity index (χ0n) is 12.5. The molecular weight excluding hydrogens is 310 g/mol. The van der Waals surface area contributed by atoms with Crippen LogP contribution in [0.25, 0.3) is 0 Å². The molecule has 0 bridgehead atoms. The van der Waals surface area contributed by atoms with Crippen molar-refractivity contribution in [3.05, 3.63) is 23.8 Å². The van der Waals surface area contributed by atoms with Gasteiger partial charge in [0, 0.05) is 19.4 Å². The fourth-order valence-corrected chi connectivity index (χ4v) is 5.05. The van der Waals surface area contributed by atoms with Crippen LogP contribution < -0.4 is 9.46 Å². The van der Waals surface area contributed by atoms with Crippen molar-refractivity contribution in [2.75, 3.05) is 32.3 Å². The van der Waals surface area contributed by atoms with E-state index in [9.17, 15) is 8.42 Å². The SMILES string of the molecule is COc1ccc(S(=O)(=O)NC[C@@]2(OC)CCSC2)c(C)c1. The summed E-state index contributed by atoms with van der Waals surface area (Å²) in [4.78, 5) is 0.278. The Morgan fingerprint density at radius 2 is 2.14 bits per heavy atom. The quantitative estimate of drug-likeness (QED) is 0.861. The van der Waals surface area contributed by atoms with Crippen molar-refractivity contribution < 1.29 is 17.9 Å². The number of hydrogen-bond acceptors (Lipinski definition) is 5. The zero-order valence-corrected chi connectivity index (χ0v) is 14.1. The number of rotatable bonds is 6. The Morgan fingerprint density at radius 1 is 1.38 bits per heavy atom. The molecule has 0 spiro atoms. The largest absolute Gasteiger partial charge is 0.497 e. The minimum Gasteiger partial charge on any atom is -0.497 e. The third kappa shape index (κ3) is 3.71. The lowest BCUT2D eigenvalue weighted by Gasteiger charge is -2.26. The Balaban J connectivity index is 2.15. The van der Waals surface area contributed by atoms with Gasteiger partial charge in [-0.2, -0.15) is 11.8 Å². The van der Waals surface area contributed by atoms with Crippen molar-refractivity contribution in [2.45, 2.75) is 23.8 Å². The van der Waals surface area contributed by atoms with E-state index in [1.165, 1.54) is 0 Å². The lowest BCUT2D eigenvalue weighted by molar-refractivity contribution is 0.0179. The van der Waals surface area contributed by atoms with Crippen molar-refractivity contribution >= 4 is 21.8 Å². The predicted octanol–water partition coefficient (Wildman–Crippen LogP) is 1.80. The Bertz CT molecular complexity index is 595. The summed E-state index contributed by atoms with van der Waals surface area (Å²) in [5.41, 5.74) is 0.270. The first-order chi connectivity index (χ1) is 9.92. The maximum Gasteiger partial charge on any atom is 0.240 e. The van der Waals surface area contributed by atoms with Gasteiger partial charge in [0.15, 0.2) is 0 Å². The highest BCUT2D eigenvalue weighted by Crippen LogP contribution is 2.31. The van der Waals surface area contributed by atoms with E-state index in [0.29, 0.717) is 17.9 Å². The van der Waals surface area contributed by atoms with Crippen LogP contribution in [0, 0.1) is 6.92 Å². The molecule has 5 nitrogen and oxygen atoms in total. The molecule has 7 heteroatoms. The van der Waals surface area contributed by atoms with E-state index in [4.69, 9.17) is 9.47 Å². The molecule has 0 aromatic heterocycles. The van der Waals surface area contributed by atoms with Crippen LogP contribution in [0.15, 0.2) is 23.1 Å². The van der Waals surface area contributed by atoms with Crippen LogP contribution in [0.4, 0.5) is 0 Å². The normalized spacial score (nSPS) is 22.4. The summed E-state index contributed by atoms with van der Waals surface area (Å²) in [6.45, 7) is 2.05. The minimum absolute atomic E-state index is 0.278. The van der Waals surface area contributed by atoms with Gasteiger partial charge in [-0.1, -0.05) is 0 Å². The maximum absolute atomic E-state index is 12.5. The highest BCUT2D eigenvalue weighted by atomic mass is 32.2. The van der Waals surface area contributed by atoms with Crippen LogP contribution in [0.3, 0.4) is 0 Å². The van der Waals surface area contributed by atoms with E-state index in [2.05, 4.69) is 4.72 Å². The topological polar surface area (TPSA) is 64.6 Å². The second kappa shape index (κ2) is 6.56. The molecule has 2 rings (SSSR count). The molecule has 1 N–H and O–H groups in total. The molecule has 118 valence electrons. The Morgan fingerprint density at radius 3 is 2.67 bits per heavy atom. The number of benzene rings is 1. The molecule has 1 aliphatic rings. The Labute approximate surface area is 130 Å². The number of aryl methyl sites for hydroxylation is 1. The average Bonchev–Trinajstić information content (AvgIpc) is 2.94. The first-order valence-electron chi connectivity index (χ1n) is 6.70. The van der Waals surface area contributed by atoms with Gasteiger partial charge < -0.3 is 9.47 Å². The molecule has 1 aromatic carbocycles. The third-order valence-corrected chi connectivity index (χ3v) is 6.54. The van der Waals surface area contributed by atoms with Crippen LogP contribution in [0.2, 0.25) is 0 Å². The van der Waals surface area contributed by atoms with Gasteiger partial charge in [-0.05, 0) is 42.9 Å². The highest BCUT2D eigenvalue weighted by molar-refractivity contribution is 7.99. The van der Waals surface area contributed by atoms with Gasteiger partial charge in [-0.25, -0.2) is 13.1 Å². The smallest absolute Gasteiger partial charge is 0.240 e. The van der Waals surface area contributed by atoms with Crippen molar-refractivity contribution in [2.24, 2.45) is 0 Å². The van der Waals surface area contributed by atoms with Gasteiger partial charge in [0.2, 0.25) is 10.0 Å². The van der Waals surface area contributed by atoms with Crippen molar-refractivity contribution in [1.29, 1.82) is 0 Å². The lowest BCUT2D eigenvalue weighted by atomic mass is 10.0. The molecule has 1 atom stereocenters. The number of ether oxygens (including phenoxy) is 2. The van der Waals surface area contributed by atoms with Crippen LogP contribution in [0.1, 0.15) is 12.0 Å². The van der Waals surface area contributed by atoms with Crippen LogP contribution in [-0.4, -0.2) is 46.3 Å². The van der Waals surface area contributed by atoms with E-state index in [1.807, 2.05) is 0 Å². The molecule has 1 saturated heterocycles. The monoisotopic (exact) mass is 331 g/mol. The van der Waals surface area contributed by atoms with Gasteiger partial charge >= 0.3 is 0 Å². The third-order valence-electron chi connectivity index (χ3n) is 3.76. The predicted molar refractivity (Wildman–Crippen MR) is 84.6 cm³/mol. The summed E-state index contributed by atoms with van der Waals surface area (Å²) in [5, 5.41) is 0. The first kappa shape index (κ1) is 16.6. The number of thioether (sulfide) groups is 1. The second-order valence-electron chi connectivity index (χ2n) is 5.15. The van der Waals surface area contributed by atoms with Crippen molar-refractivity contribution in [3.63, 3.8) is 0 Å². The molecule has 0 unspecified atom stereocenters. The molecule has 0 aliphatic carbocycles. The first-order valence-corrected chi connectivity index (χ1v) is 9.33. The molecule has 1 aromatic rings. The van der Waals surface area contributed by atoms with Crippen LogP contribution >= 0.6 is 11.8 Å². The summed E-state index contributed by atoms with van der Waals surface area (Å²) in [6.07, 6.45) is 0.859. The van der Waals surface area contributed by atoms with E-state index < -0.39 is 15.6 Å². The fourth-order valence-electron chi connectivity index (χ4n) is 2.32. The summed E-state index contributed by atoms with van der Waals surface area (Å²) < 4.78 is 38.2. The van der Waals surface area contributed by atoms with Gasteiger partial charge in [0.05, 0.1) is 17.6 Å². The van der Waals surface area contributed by atoms with E-state index in [1.54, 1.807) is 51.1 Å². The standard InChI is InChI=1S/C14H21NO4S2/c1-11-8-12(18-2)4-5-13(11)21(16,17)15-9-14(19-3)6-7-20-10-14/h4-5,8,15H,6-7,9-10H2,1-3H3/t14-/m0/s1. The molecule has 0 saturated carbocycles. The van der Waals surface area contributed by atoms with Crippen molar-refractivity contribution in [1.82, 2.24) is 4.72 Å². The van der Waals surface area contributed by atoms with Crippen LogP contribution in [0.5, 0.6) is 5.75 Å². The Kier molecular flexibility index (Phi) is 5.19. The number of methoxy groups -OCH3 is 2. The molecule has 0 radical (unpaired) electrons. The fraction of sp³-hybridized carbons (Fsp3) is 0.571. The summed E-state index contributed by atoms with van der Waals surface area (Å²) in [7, 11) is -0.352. The average molecular weight is 331 g/mol. The minimum atomic E-state index is -3.55. The number of sulfonamides is 1. The molecular formula is C14H21NO4S2. The molecule has 1 fully saturated rings.